The third-order valence-corrected chi connectivity index (χ3v) is 5.52. The van der Waals surface area contributed by atoms with Gasteiger partial charge in [-0.15, -0.1) is 0 Å². The maximum absolute atomic E-state index is 6.36. The van der Waals surface area contributed by atoms with Gasteiger partial charge in [0.15, 0.2) is 6.29 Å². The summed E-state index contributed by atoms with van der Waals surface area (Å²) in [6, 6.07) is 0. The highest BCUT2D eigenvalue weighted by Gasteiger charge is 2.46. The van der Waals surface area contributed by atoms with E-state index >= 15 is 0 Å². The van der Waals surface area contributed by atoms with E-state index in [2.05, 4.69) is 47.6 Å². The molecule has 0 radical (unpaired) electrons. The summed E-state index contributed by atoms with van der Waals surface area (Å²) in [5, 5.41) is 0. The minimum atomic E-state index is -0.0344. The zero-order chi connectivity index (χ0) is 16.3. The van der Waals surface area contributed by atoms with Gasteiger partial charge in [-0.25, -0.2) is 0 Å². The van der Waals surface area contributed by atoms with Gasteiger partial charge in [0, 0.05) is 12.3 Å². The third-order valence-electron chi connectivity index (χ3n) is 5.52. The van der Waals surface area contributed by atoms with Gasteiger partial charge in [-0.05, 0) is 65.2 Å². The van der Waals surface area contributed by atoms with Crippen LogP contribution in [0.4, 0.5) is 0 Å². The number of ether oxygens (including phenoxy) is 2. The van der Waals surface area contributed by atoms with Crippen LogP contribution in [-0.4, -0.2) is 18.0 Å². The topological polar surface area (TPSA) is 18.5 Å². The predicted molar refractivity (Wildman–Crippen MR) is 92.8 cm³/mol. The zero-order valence-corrected chi connectivity index (χ0v) is 15.5. The van der Waals surface area contributed by atoms with E-state index in [4.69, 9.17) is 9.47 Å². The molecule has 2 aliphatic rings. The number of allylic oxidation sites excluding steroid dienone is 2. The largest absolute Gasteiger partial charge is 0.349 e. The van der Waals surface area contributed by atoms with Crippen molar-refractivity contribution < 1.29 is 9.47 Å². The Morgan fingerprint density at radius 1 is 1.27 bits per heavy atom. The van der Waals surface area contributed by atoms with Crippen LogP contribution in [0, 0.1) is 17.8 Å². The fraction of sp³-hybridized carbons (Fsp3) is 0.900. The monoisotopic (exact) mass is 308 g/mol. The van der Waals surface area contributed by atoms with E-state index in [1.807, 2.05) is 0 Å². The minimum absolute atomic E-state index is 0.0109. The van der Waals surface area contributed by atoms with Gasteiger partial charge in [0.25, 0.3) is 0 Å². The Balaban J connectivity index is 1.88. The molecule has 1 heterocycles. The summed E-state index contributed by atoms with van der Waals surface area (Å²) in [4.78, 5) is 0. The van der Waals surface area contributed by atoms with Gasteiger partial charge in [-0.2, -0.15) is 0 Å². The Bertz CT molecular complexity index is 381. The van der Waals surface area contributed by atoms with Gasteiger partial charge in [-0.3, -0.25) is 0 Å². The lowest BCUT2D eigenvalue weighted by Gasteiger charge is -2.50. The van der Waals surface area contributed by atoms with Crippen LogP contribution in [-0.2, 0) is 9.47 Å². The first-order valence-electron chi connectivity index (χ1n) is 9.24. The molecule has 0 N–H and O–H groups in total. The highest BCUT2D eigenvalue weighted by atomic mass is 16.7. The zero-order valence-electron chi connectivity index (χ0n) is 15.5. The SMILES string of the molecule is CC(C)=CCCC(C)C[C@H]1OC2CC(C)CCC2C(C)(C)O1. The molecule has 2 fully saturated rings. The predicted octanol–water partition coefficient (Wildman–Crippen LogP) is 5.72. The number of rotatable bonds is 5. The molecule has 5 atom stereocenters. The van der Waals surface area contributed by atoms with Crippen molar-refractivity contribution in [3.63, 3.8) is 0 Å². The molecule has 4 unspecified atom stereocenters. The molecule has 1 aliphatic carbocycles. The molecule has 2 heteroatoms. The summed E-state index contributed by atoms with van der Waals surface area (Å²) >= 11 is 0. The lowest BCUT2D eigenvalue weighted by molar-refractivity contribution is -0.312. The van der Waals surface area contributed by atoms with Crippen LogP contribution in [0.25, 0.3) is 0 Å². The van der Waals surface area contributed by atoms with E-state index in [-0.39, 0.29) is 11.9 Å². The lowest BCUT2D eigenvalue weighted by atomic mass is 9.72. The van der Waals surface area contributed by atoms with Crippen molar-refractivity contribution >= 4 is 0 Å². The van der Waals surface area contributed by atoms with Crippen molar-refractivity contribution in [1.82, 2.24) is 0 Å². The molecule has 1 saturated carbocycles. The first kappa shape index (κ1) is 18.0. The van der Waals surface area contributed by atoms with Gasteiger partial charge >= 0.3 is 0 Å². The van der Waals surface area contributed by atoms with Gasteiger partial charge in [0.2, 0.25) is 0 Å². The normalized spacial score (nSPS) is 35.5. The molecule has 0 aromatic rings. The molecular formula is C20H36O2. The maximum Gasteiger partial charge on any atom is 0.158 e. The quantitative estimate of drug-likeness (QED) is 0.605. The highest BCUT2D eigenvalue weighted by molar-refractivity contribution is 4.94. The fourth-order valence-corrected chi connectivity index (χ4v) is 4.13. The second-order valence-corrected chi connectivity index (χ2v) is 8.55. The minimum Gasteiger partial charge on any atom is -0.349 e. The molecular weight excluding hydrogens is 272 g/mol. The first-order chi connectivity index (χ1) is 10.3. The molecule has 0 bridgehead atoms. The Labute approximate surface area is 137 Å². The summed E-state index contributed by atoms with van der Waals surface area (Å²) in [5.41, 5.74) is 1.38. The number of hydrogen-bond donors (Lipinski definition) is 0. The molecule has 0 aromatic heterocycles. The standard InChI is InChI=1S/C20H36O2/c1-14(2)8-7-9-15(3)13-19-21-18-12-16(4)10-11-17(18)20(5,6)22-19/h8,15-19H,7,9-13H2,1-6H3/t15?,16?,17?,18?,19-/m0/s1. The van der Waals surface area contributed by atoms with E-state index in [9.17, 15) is 0 Å². The van der Waals surface area contributed by atoms with Crippen LogP contribution in [0.5, 0.6) is 0 Å². The third kappa shape index (κ3) is 4.83. The van der Waals surface area contributed by atoms with Crippen LogP contribution in [0.3, 0.4) is 0 Å². The van der Waals surface area contributed by atoms with E-state index in [0.717, 1.165) is 12.3 Å². The molecule has 0 amide bonds. The molecule has 2 rings (SSSR count). The average molecular weight is 309 g/mol. The molecule has 1 saturated heterocycles. The lowest BCUT2D eigenvalue weighted by Crippen LogP contribution is -2.54. The van der Waals surface area contributed by atoms with Gasteiger partial charge in [-0.1, -0.05) is 31.9 Å². The average Bonchev–Trinajstić information content (AvgIpc) is 2.36. The summed E-state index contributed by atoms with van der Waals surface area (Å²) in [6.07, 6.45) is 9.93. The van der Waals surface area contributed by atoms with Crippen LogP contribution in [0.1, 0.15) is 80.1 Å². The maximum atomic E-state index is 6.36. The molecule has 0 spiro atoms. The second-order valence-electron chi connectivity index (χ2n) is 8.55. The van der Waals surface area contributed by atoms with Crippen molar-refractivity contribution in [2.45, 2.75) is 98.1 Å². The van der Waals surface area contributed by atoms with Crippen LogP contribution >= 0.6 is 0 Å². The molecule has 0 aromatic carbocycles. The second kappa shape index (κ2) is 7.49. The Kier molecular flexibility index (Phi) is 6.13. The van der Waals surface area contributed by atoms with Crippen molar-refractivity contribution in [1.29, 1.82) is 0 Å². The van der Waals surface area contributed by atoms with Gasteiger partial charge in [0.1, 0.15) is 0 Å². The van der Waals surface area contributed by atoms with Crippen LogP contribution in [0.2, 0.25) is 0 Å². The molecule has 22 heavy (non-hydrogen) atoms. The van der Waals surface area contributed by atoms with E-state index < -0.39 is 0 Å². The van der Waals surface area contributed by atoms with Crippen molar-refractivity contribution in [2.24, 2.45) is 17.8 Å². The summed E-state index contributed by atoms with van der Waals surface area (Å²) in [6.45, 7) is 13.6. The van der Waals surface area contributed by atoms with E-state index in [0.29, 0.717) is 17.9 Å². The Morgan fingerprint density at radius 3 is 2.68 bits per heavy atom. The fourth-order valence-electron chi connectivity index (χ4n) is 4.13. The van der Waals surface area contributed by atoms with Gasteiger partial charge in [0.05, 0.1) is 11.7 Å². The summed E-state index contributed by atoms with van der Waals surface area (Å²) in [5.74, 6) is 2.01. The van der Waals surface area contributed by atoms with Crippen molar-refractivity contribution in [3.8, 4) is 0 Å². The summed E-state index contributed by atoms with van der Waals surface area (Å²) in [7, 11) is 0. The smallest absolute Gasteiger partial charge is 0.158 e. The number of hydrogen-bond acceptors (Lipinski definition) is 2. The summed E-state index contributed by atoms with van der Waals surface area (Å²) < 4.78 is 12.7. The Morgan fingerprint density at radius 2 is 2.00 bits per heavy atom. The van der Waals surface area contributed by atoms with Crippen molar-refractivity contribution in [3.05, 3.63) is 11.6 Å². The van der Waals surface area contributed by atoms with Crippen molar-refractivity contribution in [2.75, 3.05) is 0 Å². The molecule has 128 valence electrons. The Hall–Kier alpha value is -0.340. The number of fused-ring (bicyclic) bond motifs is 1. The van der Waals surface area contributed by atoms with E-state index in [1.54, 1.807) is 0 Å². The van der Waals surface area contributed by atoms with Crippen LogP contribution < -0.4 is 0 Å². The molecule has 1 aliphatic heterocycles. The van der Waals surface area contributed by atoms with E-state index in [1.165, 1.54) is 37.7 Å². The molecule has 2 nitrogen and oxygen atoms in total. The van der Waals surface area contributed by atoms with Gasteiger partial charge < -0.3 is 9.47 Å². The highest BCUT2D eigenvalue weighted by Crippen LogP contribution is 2.44. The van der Waals surface area contributed by atoms with Crippen LogP contribution in [0.15, 0.2) is 11.6 Å². The first-order valence-corrected chi connectivity index (χ1v) is 9.24.